The largest absolute Gasteiger partial charge is 0.573 e. The molecular weight excluding hydrogens is 427 g/mol. The van der Waals surface area contributed by atoms with Gasteiger partial charge in [0.25, 0.3) is 0 Å². The van der Waals surface area contributed by atoms with Crippen LogP contribution in [0.3, 0.4) is 0 Å². The molecular formula is C19H22F3NO4S2. The summed E-state index contributed by atoms with van der Waals surface area (Å²) in [4.78, 5) is 0.833. The van der Waals surface area contributed by atoms with Crippen LogP contribution in [0.15, 0.2) is 46.2 Å². The molecule has 0 aromatic heterocycles. The molecule has 0 fully saturated rings. The van der Waals surface area contributed by atoms with Gasteiger partial charge in [-0.2, -0.15) is 0 Å². The third kappa shape index (κ3) is 7.13. The second-order valence-corrected chi connectivity index (χ2v) is 9.17. The van der Waals surface area contributed by atoms with E-state index in [1.807, 2.05) is 0 Å². The van der Waals surface area contributed by atoms with Crippen LogP contribution in [0.4, 0.5) is 13.2 Å². The first kappa shape index (κ1) is 23.4. The Kier molecular flexibility index (Phi) is 7.84. The summed E-state index contributed by atoms with van der Waals surface area (Å²) in [6.07, 6.45) is -3.98. The second kappa shape index (κ2) is 9.73. The SMILES string of the molecule is CCCc1cc(OC(F)(F)F)ccc1S(=O)(=O)NCCSc1ccc(O)c(C)c1. The lowest BCUT2D eigenvalue weighted by molar-refractivity contribution is -0.274. The molecule has 0 heterocycles. The summed E-state index contributed by atoms with van der Waals surface area (Å²) in [5, 5.41) is 9.53. The predicted molar refractivity (Wildman–Crippen MR) is 106 cm³/mol. The number of benzene rings is 2. The molecule has 0 aliphatic heterocycles. The third-order valence-corrected chi connectivity index (χ3v) is 6.46. The summed E-state index contributed by atoms with van der Waals surface area (Å²) < 4.78 is 68.8. The molecule has 2 aromatic carbocycles. The molecule has 0 amide bonds. The van der Waals surface area contributed by atoms with E-state index in [-0.39, 0.29) is 22.8 Å². The Hall–Kier alpha value is -1.91. The van der Waals surface area contributed by atoms with E-state index in [2.05, 4.69) is 9.46 Å². The number of thioether (sulfide) groups is 1. The Balaban J connectivity index is 2.05. The molecule has 10 heteroatoms. The molecule has 0 unspecified atom stereocenters. The van der Waals surface area contributed by atoms with Crippen LogP contribution in [0.25, 0.3) is 0 Å². The van der Waals surface area contributed by atoms with Gasteiger partial charge in [-0.1, -0.05) is 13.3 Å². The van der Waals surface area contributed by atoms with Gasteiger partial charge in [0.2, 0.25) is 10.0 Å². The van der Waals surface area contributed by atoms with Crippen molar-refractivity contribution < 1.29 is 31.4 Å². The van der Waals surface area contributed by atoms with Gasteiger partial charge in [-0.3, -0.25) is 0 Å². The standard InChI is InChI=1S/C19H22F3NO4S2/c1-3-4-14-12-15(27-19(20,21)22)5-8-18(14)29(25,26)23-9-10-28-16-6-7-17(24)13(2)11-16/h5-8,11-12,23-24H,3-4,9-10H2,1-2H3. The van der Waals surface area contributed by atoms with Crippen molar-refractivity contribution in [3.63, 3.8) is 0 Å². The number of hydrogen-bond donors (Lipinski definition) is 2. The first-order valence-electron chi connectivity index (χ1n) is 8.82. The van der Waals surface area contributed by atoms with Crippen molar-refractivity contribution >= 4 is 21.8 Å². The van der Waals surface area contributed by atoms with Gasteiger partial charge < -0.3 is 9.84 Å². The Morgan fingerprint density at radius 3 is 2.52 bits per heavy atom. The number of ether oxygens (including phenoxy) is 1. The van der Waals surface area contributed by atoms with Crippen LogP contribution in [-0.4, -0.2) is 32.2 Å². The molecule has 2 rings (SSSR count). The second-order valence-electron chi connectivity index (χ2n) is 6.26. The molecule has 2 aromatic rings. The highest BCUT2D eigenvalue weighted by atomic mass is 32.2. The van der Waals surface area contributed by atoms with E-state index < -0.39 is 22.1 Å². The zero-order valence-electron chi connectivity index (χ0n) is 15.9. The number of phenolic OH excluding ortho intramolecular Hbond substituents is 1. The van der Waals surface area contributed by atoms with E-state index in [9.17, 15) is 26.7 Å². The van der Waals surface area contributed by atoms with Crippen LogP contribution in [0.5, 0.6) is 11.5 Å². The van der Waals surface area contributed by atoms with Crippen molar-refractivity contribution in [3.8, 4) is 11.5 Å². The average molecular weight is 450 g/mol. The minimum Gasteiger partial charge on any atom is -0.508 e. The Morgan fingerprint density at radius 2 is 1.90 bits per heavy atom. The van der Waals surface area contributed by atoms with Crippen LogP contribution < -0.4 is 9.46 Å². The third-order valence-electron chi connectivity index (χ3n) is 3.91. The fourth-order valence-corrected chi connectivity index (χ4v) is 4.89. The molecule has 2 N–H and O–H groups in total. The van der Waals surface area contributed by atoms with Crippen molar-refractivity contribution in [3.05, 3.63) is 47.5 Å². The molecule has 0 spiro atoms. The van der Waals surface area contributed by atoms with E-state index in [0.717, 1.165) is 28.7 Å². The van der Waals surface area contributed by atoms with Crippen LogP contribution in [0.2, 0.25) is 0 Å². The molecule has 160 valence electrons. The average Bonchev–Trinajstić information content (AvgIpc) is 2.60. The number of aromatic hydroxyl groups is 1. The number of aryl methyl sites for hydroxylation is 2. The number of hydrogen-bond acceptors (Lipinski definition) is 5. The molecule has 0 saturated heterocycles. The topological polar surface area (TPSA) is 75.6 Å². The summed E-state index contributed by atoms with van der Waals surface area (Å²) in [7, 11) is -3.88. The Bertz CT molecular complexity index is 947. The van der Waals surface area contributed by atoms with E-state index in [4.69, 9.17) is 0 Å². The molecule has 0 radical (unpaired) electrons. The summed E-state index contributed by atoms with van der Waals surface area (Å²) >= 11 is 1.42. The molecule has 0 saturated carbocycles. The van der Waals surface area contributed by atoms with Crippen LogP contribution in [-0.2, 0) is 16.4 Å². The first-order chi connectivity index (χ1) is 13.5. The van der Waals surface area contributed by atoms with Crippen LogP contribution >= 0.6 is 11.8 Å². The summed E-state index contributed by atoms with van der Waals surface area (Å²) in [5.74, 6) is 0.191. The first-order valence-corrected chi connectivity index (χ1v) is 11.3. The highest BCUT2D eigenvalue weighted by Crippen LogP contribution is 2.28. The smallest absolute Gasteiger partial charge is 0.508 e. The highest BCUT2D eigenvalue weighted by molar-refractivity contribution is 7.99. The number of rotatable bonds is 9. The van der Waals surface area contributed by atoms with E-state index in [0.29, 0.717) is 18.6 Å². The van der Waals surface area contributed by atoms with Gasteiger partial charge in [0, 0.05) is 17.2 Å². The van der Waals surface area contributed by atoms with Crippen molar-refractivity contribution in [2.45, 2.75) is 42.8 Å². The van der Waals surface area contributed by atoms with Gasteiger partial charge in [0.1, 0.15) is 11.5 Å². The lowest BCUT2D eigenvalue weighted by atomic mass is 10.1. The predicted octanol–water partition coefficient (Wildman–Crippen LogP) is 4.62. The zero-order valence-corrected chi connectivity index (χ0v) is 17.5. The van der Waals surface area contributed by atoms with Gasteiger partial charge in [-0.05, 0) is 60.9 Å². The highest BCUT2D eigenvalue weighted by Gasteiger charge is 2.31. The molecule has 0 aliphatic carbocycles. The lowest BCUT2D eigenvalue weighted by Gasteiger charge is -2.14. The number of phenols is 1. The molecule has 0 atom stereocenters. The fraction of sp³-hybridized carbons (Fsp3) is 0.368. The minimum absolute atomic E-state index is 0.0562. The normalized spacial score (nSPS) is 12.2. The fourth-order valence-electron chi connectivity index (χ4n) is 2.62. The summed E-state index contributed by atoms with van der Waals surface area (Å²) in [6.45, 7) is 3.71. The van der Waals surface area contributed by atoms with Crippen LogP contribution in [0.1, 0.15) is 24.5 Å². The maximum Gasteiger partial charge on any atom is 0.573 e. The molecule has 29 heavy (non-hydrogen) atoms. The summed E-state index contributed by atoms with van der Waals surface area (Å²) in [5.41, 5.74) is 0.990. The monoisotopic (exact) mass is 449 g/mol. The number of halogens is 3. The van der Waals surface area contributed by atoms with Gasteiger partial charge in [-0.25, -0.2) is 13.1 Å². The minimum atomic E-state index is -4.84. The number of sulfonamides is 1. The van der Waals surface area contributed by atoms with Gasteiger partial charge in [-0.15, -0.1) is 24.9 Å². The van der Waals surface area contributed by atoms with Crippen molar-refractivity contribution in [2.24, 2.45) is 0 Å². The van der Waals surface area contributed by atoms with Gasteiger partial charge >= 0.3 is 6.36 Å². The maximum absolute atomic E-state index is 12.6. The van der Waals surface area contributed by atoms with Gasteiger partial charge in [0.15, 0.2) is 0 Å². The van der Waals surface area contributed by atoms with Crippen molar-refractivity contribution in [2.75, 3.05) is 12.3 Å². The van der Waals surface area contributed by atoms with E-state index >= 15 is 0 Å². The van der Waals surface area contributed by atoms with E-state index in [1.165, 1.54) is 11.8 Å². The van der Waals surface area contributed by atoms with Crippen molar-refractivity contribution in [1.82, 2.24) is 4.72 Å². The van der Waals surface area contributed by atoms with Crippen LogP contribution in [0, 0.1) is 6.92 Å². The lowest BCUT2D eigenvalue weighted by Crippen LogP contribution is -2.27. The molecule has 0 bridgehead atoms. The van der Waals surface area contributed by atoms with Crippen molar-refractivity contribution in [1.29, 1.82) is 0 Å². The quantitative estimate of drug-likeness (QED) is 0.432. The zero-order chi connectivity index (χ0) is 21.7. The maximum atomic E-state index is 12.6. The number of alkyl halides is 3. The summed E-state index contributed by atoms with van der Waals surface area (Å²) in [6, 6.07) is 8.34. The van der Waals surface area contributed by atoms with E-state index in [1.54, 1.807) is 32.0 Å². The number of nitrogens with one attached hydrogen (secondary N) is 1. The Labute approximate surface area is 172 Å². The molecule has 5 nitrogen and oxygen atoms in total. The molecule has 0 aliphatic rings. The van der Waals surface area contributed by atoms with Gasteiger partial charge in [0.05, 0.1) is 4.90 Å². The Morgan fingerprint density at radius 1 is 1.17 bits per heavy atom.